The van der Waals surface area contributed by atoms with Crippen molar-refractivity contribution in [2.24, 2.45) is 0 Å². The van der Waals surface area contributed by atoms with Crippen LogP contribution in [0, 0.1) is 0 Å². The van der Waals surface area contributed by atoms with Crippen LogP contribution in [0.1, 0.15) is 24.8 Å². The largest absolute Gasteiger partial charge is 0.391 e. The maximum atomic E-state index is 11.6. The molecule has 5 nitrogen and oxygen atoms in total. The van der Waals surface area contributed by atoms with Crippen molar-refractivity contribution in [1.82, 2.24) is 5.32 Å². The monoisotopic (exact) mass is 399 g/mol. The number of benzene rings is 3. The van der Waals surface area contributed by atoms with Crippen molar-refractivity contribution in [3.8, 4) is 0 Å². The fourth-order valence-corrected chi connectivity index (χ4v) is 4.92. The van der Waals surface area contributed by atoms with Crippen LogP contribution >= 0.6 is 0 Å². The van der Waals surface area contributed by atoms with E-state index < -0.39 is 28.4 Å². The number of nitrogens with one attached hydrogen (secondary N) is 1. The van der Waals surface area contributed by atoms with E-state index in [0.29, 0.717) is 19.4 Å². The second kappa shape index (κ2) is 7.79. The van der Waals surface area contributed by atoms with E-state index in [2.05, 4.69) is 35.6 Å². The predicted octanol–water partition coefficient (Wildman–Crippen LogP) is 3.34. The molecule has 2 N–H and O–H groups in total. The molecule has 1 aliphatic rings. The minimum atomic E-state index is -3.58. The summed E-state index contributed by atoms with van der Waals surface area (Å²) >= 11 is 0. The third kappa shape index (κ3) is 4.05. The molecule has 148 valence electrons. The molecule has 1 fully saturated rings. The first-order valence-corrected chi connectivity index (χ1v) is 11.4. The molecule has 0 spiro atoms. The van der Waals surface area contributed by atoms with Crippen LogP contribution < -0.4 is 5.32 Å². The van der Waals surface area contributed by atoms with Gasteiger partial charge in [-0.05, 0) is 52.4 Å². The Labute approximate surface area is 165 Å². The molecule has 0 bridgehead atoms. The lowest BCUT2D eigenvalue weighted by molar-refractivity contribution is 0.0166. The second-order valence-electron chi connectivity index (χ2n) is 7.54. The highest BCUT2D eigenvalue weighted by Gasteiger charge is 2.35. The number of fused-ring (bicyclic) bond motifs is 2. The lowest BCUT2D eigenvalue weighted by Crippen LogP contribution is -2.52. The van der Waals surface area contributed by atoms with Crippen molar-refractivity contribution in [2.75, 3.05) is 6.26 Å². The minimum absolute atomic E-state index is 0.429. The van der Waals surface area contributed by atoms with Gasteiger partial charge in [-0.2, -0.15) is 8.42 Å². The van der Waals surface area contributed by atoms with Gasteiger partial charge in [-0.15, -0.1) is 0 Å². The zero-order valence-electron chi connectivity index (χ0n) is 15.8. The zero-order chi connectivity index (χ0) is 19.7. The van der Waals surface area contributed by atoms with Crippen LogP contribution in [-0.2, 0) is 20.8 Å². The quantitative estimate of drug-likeness (QED) is 0.508. The molecule has 0 unspecified atom stereocenters. The van der Waals surface area contributed by atoms with Gasteiger partial charge >= 0.3 is 0 Å². The Hall–Kier alpha value is -1.99. The summed E-state index contributed by atoms with van der Waals surface area (Å²) in [6, 6.07) is 18.2. The van der Waals surface area contributed by atoms with Crippen LogP contribution in [0.25, 0.3) is 21.5 Å². The SMILES string of the molecule is CS(=O)(=O)O[C@H]1CCC[C@@H](O)[C@@H]1NCc1c2ccccc2cc2ccccc12. The molecule has 6 heteroatoms. The zero-order valence-corrected chi connectivity index (χ0v) is 16.7. The van der Waals surface area contributed by atoms with E-state index in [1.165, 1.54) is 0 Å². The third-order valence-electron chi connectivity index (χ3n) is 5.50. The summed E-state index contributed by atoms with van der Waals surface area (Å²) in [5, 5.41) is 18.5. The average Bonchev–Trinajstić information content (AvgIpc) is 2.65. The Balaban J connectivity index is 1.68. The summed E-state index contributed by atoms with van der Waals surface area (Å²) in [5.74, 6) is 0. The summed E-state index contributed by atoms with van der Waals surface area (Å²) in [6.07, 6.45) is 1.86. The number of hydrogen-bond acceptors (Lipinski definition) is 5. The van der Waals surface area contributed by atoms with E-state index in [9.17, 15) is 13.5 Å². The smallest absolute Gasteiger partial charge is 0.264 e. The van der Waals surface area contributed by atoms with E-state index in [0.717, 1.165) is 39.8 Å². The van der Waals surface area contributed by atoms with E-state index in [1.54, 1.807) is 0 Å². The summed E-state index contributed by atoms with van der Waals surface area (Å²) in [6.45, 7) is 0.521. The molecule has 0 aliphatic heterocycles. The van der Waals surface area contributed by atoms with Gasteiger partial charge in [0.15, 0.2) is 0 Å². The van der Waals surface area contributed by atoms with Crippen molar-refractivity contribution in [1.29, 1.82) is 0 Å². The summed E-state index contributed by atoms with van der Waals surface area (Å²) in [7, 11) is -3.58. The summed E-state index contributed by atoms with van der Waals surface area (Å²) in [5.41, 5.74) is 1.14. The first-order valence-electron chi connectivity index (χ1n) is 9.61. The number of rotatable bonds is 5. The van der Waals surface area contributed by atoms with Gasteiger partial charge in [-0.1, -0.05) is 48.5 Å². The van der Waals surface area contributed by atoms with E-state index in [-0.39, 0.29) is 0 Å². The van der Waals surface area contributed by atoms with Gasteiger partial charge in [0.05, 0.1) is 24.5 Å². The lowest BCUT2D eigenvalue weighted by Gasteiger charge is -2.35. The molecule has 3 atom stereocenters. The molecule has 1 saturated carbocycles. The highest BCUT2D eigenvalue weighted by Crippen LogP contribution is 2.29. The summed E-state index contributed by atoms with van der Waals surface area (Å²) < 4.78 is 28.6. The van der Waals surface area contributed by atoms with Crippen molar-refractivity contribution >= 4 is 31.7 Å². The molecule has 4 rings (SSSR count). The molecule has 0 aromatic heterocycles. The van der Waals surface area contributed by atoms with Gasteiger partial charge in [0.25, 0.3) is 10.1 Å². The molecule has 1 aliphatic carbocycles. The Morgan fingerprint density at radius 2 is 1.64 bits per heavy atom. The Morgan fingerprint density at radius 3 is 2.25 bits per heavy atom. The van der Waals surface area contributed by atoms with Crippen LogP contribution in [0.15, 0.2) is 54.6 Å². The highest BCUT2D eigenvalue weighted by atomic mass is 32.2. The van der Waals surface area contributed by atoms with Gasteiger partial charge in [-0.3, -0.25) is 4.18 Å². The van der Waals surface area contributed by atoms with Gasteiger partial charge in [0.1, 0.15) is 0 Å². The standard InChI is InChI=1S/C22H25NO4S/c1-28(25,26)27-21-12-6-11-20(24)22(21)23-14-19-17-9-4-2-7-15(17)13-16-8-3-5-10-18(16)19/h2-5,7-10,13,20-24H,6,11-12,14H2,1H3/t20-,21+,22+/m1/s1. The molecule has 0 saturated heterocycles. The van der Waals surface area contributed by atoms with Crippen molar-refractivity contribution in [3.05, 3.63) is 60.2 Å². The number of aliphatic hydroxyl groups is 1. The molecule has 3 aromatic carbocycles. The molecular weight excluding hydrogens is 374 g/mol. The van der Waals surface area contributed by atoms with E-state index >= 15 is 0 Å². The number of hydrogen-bond donors (Lipinski definition) is 2. The van der Waals surface area contributed by atoms with Crippen molar-refractivity contribution in [3.63, 3.8) is 0 Å². The molecule has 3 aromatic rings. The van der Waals surface area contributed by atoms with Crippen LogP contribution in [0.2, 0.25) is 0 Å². The second-order valence-corrected chi connectivity index (χ2v) is 9.14. The predicted molar refractivity (Wildman–Crippen MR) is 112 cm³/mol. The van der Waals surface area contributed by atoms with Crippen LogP contribution in [0.4, 0.5) is 0 Å². The first-order chi connectivity index (χ1) is 13.4. The average molecular weight is 400 g/mol. The Kier molecular flexibility index (Phi) is 5.38. The van der Waals surface area contributed by atoms with Crippen LogP contribution in [-0.4, -0.2) is 38.0 Å². The summed E-state index contributed by atoms with van der Waals surface area (Å²) in [4.78, 5) is 0. The topological polar surface area (TPSA) is 75.6 Å². The van der Waals surface area contributed by atoms with Gasteiger partial charge < -0.3 is 10.4 Å². The van der Waals surface area contributed by atoms with Crippen LogP contribution in [0.3, 0.4) is 0 Å². The normalized spacial score (nSPS) is 23.3. The van der Waals surface area contributed by atoms with E-state index in [4.69, 9.17) is 4.18 Å². The van der Waals surface area contributed by atoms with Crippen molar-refractivity contribution < 1.29 is 17.7 Å². The highest BCUT2D eigenvalue weighted by molar-refractivity contribution is 7.86. The van der Waals surface area contributed by atoms with Gasteiger partial charge in [0, 0.05) is 6.54 Å². The molecular formula is C22H25NO4S. The van der Waals surface area contributed by atoms with E-state index in [1.807, 2.05) is 24.3 Å². The number of aliphatic hydroxyl groups excluding tert-OH is 1. The Bertz CT molecular complexity index is 1040. The maximum absolute atomic E-state index is 11.6. The molecule has 28 heavy (non-hydrogen) atoms. The van der Waals surface area contributed by atoms with Crippen molar-refractivity contribution in [2.45, 2.75) is 44.1 Å². The first kappa shape index (κ1) is 19.3. The minimum Gasteiger partial charge on any atom is -0.391 e. The van der Waals surface area contributed by atoms with Gasteiger partial charge in [-0.25, -0.2) is 0 Å². The van der Waals surface area contributed by atoms with Crippen LogP contribution in [0.5, 0.6) is 0 Å². The lowest BCUT2D eigenvalue weighted by atomic mass is 9.89. The Morgan fingerprint density at radius 1 is 1.04 bits per heavy atom. The third-order valence-corrected chi connectivity index (χ3v) is 6.10. The van der Waals surface area contributed by atoms with Gasteiger partial charge in [0.2, 0.25) is 0 Å². The fourth-order valence-electron chi connectivity index (χ4n) is 4.25. The molecule has 0 heterocycles. The fraction of sp³-hybridized carbons (Fsp3) is 0.364. The molecule has 0 amide bonds. The molecule has 0 radical (unpaired) electrons. The maximum Gasteiger partial charge on any atom is 0.264 e.